The summed E-state index contributed by atoms with van der Waals surface area (Å²) in [7, 11) is 0. The first kappa shape index (κ1) is 37.8. The normalized spacial score (nSPS) is 21.0. The fraction of sp³-hybridized carbons (Fsp3) is 0.426. The lowest BCUT2D eigenvalue weighted by Gasteiger charge is -2.44. The van der Waals surface area contributed by atoms with Crippen LogP contribution in [0.3, 0.4) is 0 Å². The van der Waals surface area contributed by atoms with E-state index in [4.69, 9.17) is 6.57 Å². The number of rotatable bonds is 6. The van der Waals surface area contributed by atoms with Crippen LogP contribution in [0.25, 0.3) is 15.7 Å². The summed E-state index contributed by atoms with van der Waals surface area (Å²) in [5.74, 6) is 5.87. The molecule has 4 aliphatic heterocycles. The molecule has 58 heavy (non-hydrogen) atoms. The lowest BCUT2D eigenvalue weighted by molar-refractivity contribution is -0.136. The van der Waals surface area contributed by atoms with Gasteiger partial charge in [-0.25, -0.2) is 4.85 Å². The number of aromatic nitrogens is 1. The van der Waals surface area contributed by atoms with Crippen LogP contribution >= 0.6 is 0 Å². The number of nitrogens with zero attached hydrogens (tertiary/aromatic N) is 5. The molecule has 3 amide bonds. The number of hydrogen-bond donors (Lipinski definition) is 2. The standard InChI is InChI=1S/C47H49N7O4/c1-5-29-25-35-37(47(2,3)44-42(43(35)56)34-13-12-31(48-4)26-38(34)49-44)27-40(29)53-19-16-32(17-20-53)52-23-21-51(22-24-52)18-7-6-9-30-10-8-11-33-36(30)28-54(46(33)58)39-14-15-41(55)50-45(39)57/h8,10-13,25-27,32,39,49H,5,7,14-24,28H2,1-3H3,(H,50,55,57). The number of nitrogens with one attached hydrogen (secondary N) is 2. The highest BCUT2D eigenvalue weighted by molar-refractivity contribution is 6.20. The van der Waals surface area contributed by atoms with E-state index in [9.17, 15) is 19.2 Å². The van der Waals surface area contributed by atoms with Crippen molar-refractivity contribution in [3.8, 4) is 11.8 Å². The Morgan fingerprint density at radius 3 is 2.47 bits per heavy atom. The molecule has 0 spiro atoms. The second-order valence-electron chi connectivity index (χ2n) is 16.9. The minimum Gasteiger partial charge on any atom is -0.371 e. The van der Waals surface area contributed by atoms with E-state index in [0.29, 0.717) is 30.3 Å². The summed E-state index contributed by atoms with van der Waals surface area (Å²) in [4.78, 5) is 67.9. The molecule has 3 saturated heterocycles. The van der Waals surface area contributed by atoms with Gasteiger partial charge in [-0.1, -0.05) is 50.8 Å². The quantitative estimate of drug-likeness (QED) is 0.142. The fourth-order valence-corrected chi connectivity index (χ4v) is 10.0. The van der Waals surface area contributed by atoms with Crippen LogP contribution in [0.5, 0.6) is 0 Å². The zero-order valence-electron chi connectivity index (χ0n) is 33.5. The van der Waals surface area contributed by atoms with E-state index in [0.717, 1.165) is 116 Å². The van der Waals surface area contributed by atoms with E-state index >= 15 is 0 Å². The highest BCUT2D eigenvalue weighted by atomic mass is 16.2. The molecule has 5 aliphatic rings. The third-order valence-electron chi connectivity index (χ3n) is 13.4. The molecule has 2 N–H and O–H groups in total. The smallest absolute Gasteiger partial charge is 0.255 e. The molecule has 3 aromatic carbocycles. The lowest BCUT2D eigenvalue weighted by atomic mass is 9.70. The predicted molar refractivity (Wildman–Crippen MR) is 223 cm³/mol. The van der Waals surface area contributed by atoms with E-state index in [1.165, 1.54) is 11.3 Å². The van der Waals surface area contributed by atoms with Crippen molar-refractivity contribution >= 4 is 45.8 Å². The van der Waals surface area contributed by atoms with Crippen molar-refractivity contribution in [1.29, 1.82) is 0 Å². The Labute approximate surface area is 339 Å². The summed E-state index contributed by atoms with van der Waals surface area (Å²) in [6, 6.07) is 15.5. The van der Waals surface area contributed by atoms with Gasteiger partial charge in [0.25, 0.3) is 5.91 Å². The number of H-pyrrole nitrogens is 1. The SMILES string of the molecule is [C-]#[N+]c1ccc2c3c([nH]c2c1)C(C)(C)c1cc(N2CCC(N4CCN(CCC#Cc5cccc6c5CN(C5CCC(=O)NC5=O)C6=O)CC4)CC2)c(CC)cc1C3=O. The number of ketones is 1. The Balaban J connectivity index is 0.796. The molecule has 1 aliphatic carbocycles. The largest absolute Gasteiger partial charge is 0.371 e. The maximum atomic E-state index is 14.1. The summed E-state index contributed by atoms with van der Waals surface area (Å²) >= 11 is 0. The van der Waals surface area contributed by atoms with Gasteiger partial charge < -0.3 is 14.8 Å². The Hall–Kier alpha value is -5.75. The van der Waals surface area contributed by atoms with Crippen molar-refractivity contribution in [3.63, 3.8) is 0 Å². The molecule has 5 heterocycles. The molecule has 0 radical (unpaired) electrons. The minimum atomic E-state index is -0.632. The van der Waals surface area contributed by atoms with E-state index in [2.05, 4.69) is 74.6 Å². The second kappa shape index (κ2) is 14.9. The fourth-order valence-electron chi connectivity index (χ4n) is 10.0. The number of carbonyl (C=O) groups excluding carboxylic acids is 4. The number of anilines is 1. The molecule has 1 atom stereocenters. The average Bonchev–Trinajstić information content (AvgIpc) is 3.80. The van der Waals surface area contributed by atoms with Gasteiger partial charge in [-0.05, 0) is 72.7 Å². The van der Waals surface area contributed by atoms with Crippen molar-refractivity contribution in [2.24, 2.45) is 0 Å². The van der Waals surface area contributed by atoms with Crippen LogP contribution in [0, 0.1) is 18.4 Å². The molecule has 9 rings (SSSR count). The Kier molecular flexibility index (Phi) is 9.70. The molecule has 0 saturated carbocycles. The van der Waals surface area contributed by atoms with Crippen molar-refractivity contribution < 1.29 is 19.2 Å². The molecule has 11 nitrogen and oxygen atoms in total. The molecule has 0 bridgehead atoms. The van der Waals surface area contributed by atoms with Gasteiger partial charge in [-0.3, -0.25) is 34.3 Å². The van der Waals surface area contributed by atoms with Crippen LogP contribution in [0.15, 0.2) is 48.5 Å². The summed E-state index contributed by atoms with van der Waals surface area (Å²) in [6.45, 7) is 21.4. The third-order valence-corrected chi connectivity index (χ3v) is 13.4. The maximum absolute atomic E-state index is 14.1. The molecule has 4 aromatic rings. The van der Waals surface area contributed by atoms with E-state index in [-0.39, 0.29) is 24.0 Å². The van der Waals surface area contributed by atoms with Crippen LogP contribution in [0.2, 0.25) is 0 Å². The summed E-state index contributed by atoms with van der Waals surface area (Å²) in [6.07, 6.45) is 4.38. The molecule has 296 valence electrons. The van der Waals surface area contributed by atoms with Gasteiger partial charge >= 0.3 is 0 Å². The van der Waals surface area contributed by atoms with E-state index in [1.807, 2.05) is 24.3 Å². The minimum absolute atomic E-state index is 0.0643. The van der Waals surface area contributed by atoms with Crippen molar-refractivity contribution in [2.45, 2.75) is 83.3 Å². The van der Waals surface area contributed by atoms with Crippen LogP contribution < -0.4 is 10.2 Å². The number of benzene rings is 3. The van der Waals surface area contributed by atoms with Gasteiger partial charge in [0.05, 0.1) is 12.1 Å². The Bertz CT molecular complexity index is 2480. The first-order chi connectivity index (χ1) is 28.0. The average molecular weight is 776 g/mol. The van der Waals surface area contributed by atoms with Gasteiger partial charge in [0.1, 0.15) is 6.04 Å². The number of piperidine rings is 2. The van der Waals surface area contributed by atoms with Crippen LogP contribution in [0.1, 0.15) is 107 Å². The van der Waals surface area contributed by atoms with Gasteiger partial charge in [-0.15, -0.1) is 0 Å². The second-order valence-corrected chi connectivity index (χ2v) is 16.9. The molecular formula is C47H49N7O4. The summed E-state index contributed by atoms with van der Waals surface area (Å²) in [5.41, 5.74) is 9.29. The van der Waals surface area contributed by atoms with Crippen molar-refractivity contribution in [3.05, 3.63) is 105 Å². The van der Waals surface area contributed by atoms with Gasteiger partial charge in [0.15, 0.2) is 11.5 Å². The Morgan fingerprint density at radius 2 is 1.72 bits per heavy atom. The van der Waals surface area contributed by atoms with Crippen LogP contribution in [-0.2, 0) is 28.0 Å². The topological polar surface area (TPSA) is 113 Å². The van der Waals surface area contributed by atoms with E-state index in [1.54, 1.807) is 17.0 Å². The molecule has 1 aromatic heterocycles. The molecule has 1 unspecified atom stereocenters. The monoisotopic (exact) mass is 775 g/mol. The van der Waals surface area contributed by atoms with Crippen molar-refractivity contribution in [1.82, 2.24) is 25.0 Å². The lowest BCUT2D eigenvalue weighted by Crippen LogP contribution is -2.53. The number of aromatic amines is 1. The van der Waals surface area contributed by atoms with Gasteiger partial charge in [-0.2, -0.15) is 0 Å². The first-order valence-electron chi connectivity index (χ1n) is 20.8. The number of amides is 3. The summed E-state index contributed by atoms with van der Waals surface area (Å²) in [5, 5.41) is 3.26. The van der Waals surface area contributed by atoms with Crippen LogP contribution in [0.4, 0.5) is 11.4 Å². The highest BCUT2D eigenvalue weighted by Gasteiger charge is 2.42. The van der Waals surface area contributed by atoms with E-state index < -0.39 is 17.4 Å². The number of imide groups is 1. The molecule has 11 heteroatoms. The number of fused-ring (bicyclic) bond motifs is 5. The van der Waals surface area contributed by atoms with Gasteiger partial charge in [0, 0.05) is 116 Å². The Morgan fingerprint density at radius 1 is 0.931 bits per heavy atom. The number of hydrogen-bond acceptors (Lipinski definition) is 7. The number of piperazine rings is 1. The van der Waals surface area contributed by atoms with Crippen LogP contribution in [-0.4, -0.2) is 101 Å². The highest BCUT2D eigenvalue weighted by Crippen LogP contribution is 2.46. The predicted octanol–water partition coefficient (Wildman–Crippen LogP) is 5.94. The van der Waals surface area contributed by atoms with Gasteiger partial charge in [0.2, 0.25) is 11.8 Å². The molecular weight excluding hydrogens is 727 g/mol. The number of aryl methyl sites for hydroxylation is 1. The maximum Gasteiger partial charge on any atom is 0.255 e. The third kappa shape index (κ3) is 6.47. The summed E-state index contributed by atoms with van der Waals surface area (Å²) < 4.78 is 0. The van der Waals surface area contributed by atoms with Crippen molar-refractivity contribution in [2.75, 3.05) is 50.7 Å². The zero-order valence-corrected chi connectivity index (χ0v) is 33.5. The molecule has 3 fully saturated rings. The number of carbonyl (C=O) groups is 4. The first-order valence-corrected chi connectivity index (χ1v) is 20.8. The zero-order chi connectivity index (χ0) is 40.3.